The molecule has 0 spiro atoms. The quantitative estimate of drug-likeness (QED) is 0.798. The second-order valence-electron chi connectivity index (χ2n) is 5.57. The van der Waals surface area contributed by atoms with Crippen molar-refractivity contribution in [3.63, 3.8) is 0 Å². The molecule has 1 aliphatic rings. The van der Waals surface area contributed by atoms with Crippen molar-refractivity contribution in [3.05, 3.63) is 18.0 Å². The van der Waals surface area contributed by atoms with Crippen molar-refractivity contribution in [3.8, 4) is 0 Å². The van der Waals surface area contributed by atoms with Crippen LogP contribution in [0.25, 0.3) is 0 Å². The molecule has 1 heterocycles. The lowest BCUT2D eigenvalue weighted by Crippen LogP contribution is -2.16. The molecule has 2 atom stereocenters. The van der Waals surface area contributed by atoms with Gasteiger partial charge in [0.15, 0.2) is 0 Å². The van der Waals surface area contributed by atoms with Gasteiger partial charge in [-0.1, -0.05) is 20.8 Å². The molecule has 1 aliphatic carbocycles. The number of rotatable bonds is 6. The van der Waals surface area contributed by atoms with E-state index in [1.165, 1.54) is 12.0 Å². The predicted molar refractivity (Wildman–Crippen MR) is 66.0 cm³/mol. The Labute approximate surface area is 98.2 Å². The summed E-state index contributed by atoms with van der Waals surface area (Å²) in [5, 5.41) is 7.87. The molecule has 1 N–H and O–H groups in total. The summed E-state index contributed by atoms with van der Waals surface area (Å²) in [4.78, 5) is 0. The van der Waals surface area contributed by atoms with E-state index >= 15 is 0 Å². The van der Waals surface area contributed by atoms with Gasteiger partial charge >= 0.3 is 0 Å². The van der Waals surface area contributed by atoms with Crippen molar-refractivity contribution in [2.24, 2.45) is 17.8 Å². The summed E-state index contributed by atoms with van der Waals surface area (Å²) in [6, 6.07) is 0. The molecular weight excluding hydrogens is 198 g/mol. The van der Waals surface area contributed by atoms with Gasteiger partial charge in [-0.05, 0) is 30.7 Å². The highest BCUT2D eigenvalue weighted by Gasteiger charge is 2.31. The molecule has 2 rings (SSSR count). The fourth-order valence-electron chi connectivity index (χ4n) is 2.06. The Morgan fingerprint density at radius 2 is 2.31 bits per heavy atom. The first-order valence-corrected chi connectivity index (χ1v) is 6.37. The van der Waals surface area contributed by atoms with Crippen LogP contribution in [0.1, 0.15) is 32.8 Å². The minimum absolute atomic E-state index is 0.660. The van der Waals surface area contributed by atoms with E-state index in [0.717, 1.165) is 31.5 Å². The highest BCUT2D eigenvalue weighted by atomic mass is 15.3. The highest BCUT2D eigenvalue weighted by Crippen LogP contribution is 2.36. The minimum atomic E-state index is 0.660. The van der Waals surface area contributed by atoms with E-state index in [4.69, 9.17) is 0 Å². The lowest BCUT2D eigenvalue weighted by atomic mass is 10.2. The summed E-state index contributed by atoms with van der Waals surface area (Å²) in [6.45, 7) is 9.90. The van der Waals surface area contributed by atoms with Crippen molar-refractivity contribution in [1.82, 2.24) is 15.1 Å². The van der Waals surface area contributed by atoms with Gasteiger partial charge < -0.3 is 5.32 Å². The molecule has 1 aromatic heterocycles. The van der Waals surface area contributed by atoms with Crippen LogP contribution in [0.4, 0.5) is 0 Å². The molecule has 1 aromatic rings. The third-order valence-corrected chi connectivity index (χ3v) is 3.25. The smallest absolute Gasteiger partial charge is 0.0534 e. The van der Waals surface area contributed by atoms with Crippen LogP contribution in [0.15, 0.2) is 12.4 Å². The fourth-order valence-corrected chi connectivity index (χ4v) is 2.06. The zero-order chi connectivity index (χ0) is 11.5. The van der Waals surface area contributed by atoms with E-state index < -0.39 is 0 Å². The molecule has 3 heteroatoms. The van der Waals surface area contributed by atoms with Gasteiger partial charge in [0, 0.05) is 24.8 Å². The second kappa shape index (κ2) is 5.00. The zero-order valence-corrected chi connectivity index (χ0v) is 10.6. The average Bonchev–Trinajstić information content (AvgIpc) is 2.73. The van der Waals surface area contributed by atoms with Crippen molar-refractivity contribution < 1.29 is 0 Å². The maximum atomic E-state index is 4.36. The molecule has 2 unspecified atom stereocenters. The molecule has 3 nitrogen and oxygen atoms in total. The number of hydrogen-bond acceptors (Lipinski definition) is 2. The molecule has 1 saturated carbocycles. The Morgan fingerprint density at radius 3 is 2.94 bits per heavy atom. The fraction of sp³-hybridized carbons (Fsp3) is 0.769. The van der Waals surface area contributed by atoms with Gasteiger partial charge in [0.2, 0.25) is 0 Å². The Balaban J connectivity index is 1.70. The van der Waals surface area contributed by atoms with Gasteiger partial charge in [0.25, 0.3) is 0 Å². The van der Waals surface area contributed by atoms with Crippen LogP contribution in [0, 0.1) is 17.8 Å². The van der Waals surface area contributed by atoms with Crippen molar-refractivity contribution in [1.29, 1.82) is 0 Å². The molecular formula is C13H23N3. The Morgan fingerprint density at radius 1 is 1.56 bits per heavy atom. The van der Waals surface area contributed by atoms with E-state index in [-0.39, 0.29) is 0 Å². The maximum Gasteiger partial charge on any atom is 0.0534 e. The van der Waals surface area contributed by atoms with Gasteiger partial charge in [0.05, 0.1) is 6.20 Å². The van der Waals surface area contributed by atoms with Crippen LogP contribution in [0.3, 0.4) is 0 Å². The van der Waals surface area contributed by atoms with E-state index in [1.807, 2.05) is 10.9 Å². The average molecular weight is 221 g/mol. The third kappa shape index (κ3) is 3.34. The number of nitrogens with one attached hydrogen (secondary N) is 1. The van der Waals surface area contributed by atoms with Crippen LogP contribution < -0.4 is 5.32 Å². The van der Waals surface area contributed by atoms with Crippen molar-refractivity contribution in [2.45, 2.75) is 40.3 Å². The van der Waals surface area contributed by atoms with Crippen molar-refractivity contribution >= 4 is 0 Å². The normalized spacial score (nSPS) is 24.0. The summed E-state index contributed by atoms with van der Waals surface area (Å²) >= 11 is 0. The van der Waals surface area contributed by atoms with Gasteiger partial charge in [-0.15, -0.1) is 0 Å². The SMILES string of the molecule is CC(C)Cn1cc(CNCC2CC2C)cn1. The van der Waals surface area contributed by atoms with Crippen LogP contribution in [-0.4, -0.2) is 16.3 Å². The first-order valence-electron chi connectivity index (χ1n) is 6.37. The van der Waals surface area contributed by atoms with Gasteiger partial charge in [-0.3, -0.25) is 4.68 Å². The first-order chi connectivity index (χ1) is 7.65. The first kappa shape index (κ1) is 11.6. The van der Waals surface area contributed by atoms with E-state index in [2.05, 4.69) is 37.4 Å². The van der Waals surface area contributed by atoms with Gasteiger partial charge in [-0.25, -0.2) is 0 Å². The molecule has 16 heavy (non-hydrogen) atoms. The Bertz CT molecular complexity index is 330. The summed E-state index contributed by atoms with van der Waals surface area (Å²) in [5.41, 5.74) is 1.30. The van der Waals surface area contributed by atoms with E-state index in [9.17, 15) is 0 Å². The molecule has 0 aromatic carbocycles. The summed E-state index contributed by atoms with van der Waals surface area (Å²) in [6.07, 6.45) is 5.54. The molecule has 0 bridgehead atoms. The summed E-state index contributed by atoms with van der Waals surface area (Å²) < 4.78 is 2.04. The minimum Gasteiger partial charge on any atom is -0.312 e. The molecule has 0 saturated heterocycles. The van der Waals surface area contributed by atoms with Crippen LogP contribution in [0.5, 0.6) is 0 Å². The predicted octanol–water partition coefficient (Wildman–Crippen LogP) is 2.28. The third-order valence-electron chi connectivity index (χ3n) is 3.25. The monoisotopic (exact) mass is 221 g/mol. The molecule has 90 valence electrons. The molecule has 0 amide bonds. The summed E-state index contributed by atoms with van der Waals surface area (Å²) in [5.74, 6) is 2.52. The second-order valence-corrected chi connectivity index (χ2v) is 5.57. The standard InChI is InChI=1S/C13H23N3/c1-10(2)8-16-9-12(6-15-16)5-14-7-13-4-11(13)3/h6,9-11,13-14H,4-5,7-8H2,1-3H3. The Hall–Kier alpha value is -0.830. The Kier molecular flexibility index (Phi) is 3.64. The van der Waals surface area contributed by atoms with E-state index in [0.29, 0.717) is 5.92 Å². The topological polar surface area (TPSA) is 29.9 Å². The number of aromatic nitrogens is 2. The number of nitrogens with zero attached hydrogens (tertiary/aromatic N) is 2. The van der Waals surface area contributed by atoms with Gasteiger partial charge in [0.1, 0.15) is 0 Å². The molecule has 0 radical (unpaired) electrons. The maximum absolute atomic E-state index is 4.36. The summed E-state index contributed by atoms with van der Waals surface area (Å²) in [7, 11) is 0. The van der Waals surface area contributed by atoms with E-state index in [1.54, 1.807) is 0 Å². The number of hydrogen-bond donors (Lipinski definition) is 1. The lowest BCUT2D eigenvalue weighted by Gasteiger charge is -2.04. The van der Waals surface area contributed by atoms with Crippen molar-refractivity contribution in [2.75, 3.05) is 6.54 Å². The largest absolute Gasteiger partial charge is 0.312 e. The molecule has 1 fully saturated rings. The molecule has 0 aliphatic heterocycles. The van der Waals surface area contributed by atoms with Crippen LogP contribution in [0.2, 0.25) is 0 Å². The van der Waals surface area contributed by atoms with Crippen LogP contribution >= 0.6 is 0 Å². The van der Waals surface area contributed by atoms with Crippen LogP contribution in [-0.2, 0) is 13.1 Å². The lowest BCUT2D eigenvalue weighted by molar-refractivity contribution is 0.482. The highest BCUT2D eigenvalue weighted by molar-refractivity contribution is 5.03. The zero-order valence-electron chi connectivity index (χ0n) is 10.6. The van der Waals surface area contributed by atoms with Gasteiger partial charge in [-0.2, -0.15) is 5.10 Å².